The van der Waals surface area contributed by atoms with Gasteiger partial charge in [0.05, 0.1) is 6.54 Å². The molecular formula is C8H14N2O4. The van der Waals surface area contributed by atoms with Gasteiger partial charge in [-0.25, -0.2) is 9.59 Å². The molecule has 1 N–H and O–H groups in total. The van der Waals surface area contributed by atoms with E-state index in [9.17, 15) is 9.59 Å². The number of carboxylic acid groups (broad SMARTS) is 1. The number of hydrogen-bond donors (Lipinski definition) is 1. The zero-order chi connectivity index (χ0) is 10.7. The van der Waals surface area contributed by atoms with Crippen molar-refractivity contribution in [2.24, 2.45) is 0 Å². The molecule has 6 heteroatoms. The molecule has 0 radical (unpaired) electrons. The van der Waals surface area contributed by atoms with Gasteiger partial charge in [-0.15, -0.1) is 0 Å². The van der Waals surface area contributed by atoms with E-state index < -0.39 is 12.2 Å². The molecule has 1 fully saturated rings. The summed E-state index contributed by atoms with van der Waals surface area (Å²) in [7, 11) is 3.18. The summed E-state index contributed by atoms with van der Waals surface area (Å²) in [5, 5.41) is 8.65. The van der Waals surface area contributed by atoms with Crippen LogP contribution in [-0.2, 0) is 4.74 Å². The number of hydrogen-bond acceptors (Lipinski definition) is 3. The maximum absolute atomic E-state index is 11.1. The zero-order valence-corrected chi connectivity index (χ0v) is 8.27. The van der Waals surface area contributed by atoms with Crippen LogP contribution in [0.25, 0.3) is 0 Å². The Morgan fingerprint density at radius 3 is 2.57 bits per heavy atom. The summed E-state index contributed by atoms with van der Waals surface area (Å²) < 4.78 is 5.04. The summed E-state index contributed by atoms with van der Waals surface area (Å²) in [5.41, 5.74) is 0. The molecule has 1 saturated heterocycles. The third-order valence-electron chi connectivity index (χ3n) is 2.05. The molecule has 0 unspecified atom stereocenters. The first-order valence-electron chi connectivity index (χ1n) is 4.36. The van der Waals surface area contributed by atoms with Gasteiger partial charge >= 0.3 is 12.2 Å². The first-order chi connectivity index (χ1) is 6.50. The first-order valence-corrected chi connectivity index (χ1v) is 4.36. The molecule has 6 nitrogen and oxygen atoms in total. The minimum Gasteiger partial charge on any atom is -0.465 e. The molecule has 0 aliphatic carbocycles. The van der Waals surface area contributed by atoms with Gasteiger partial charge in [0.25, 0.3) is 0 Å². The Morgan fingerprint density at radius 1 is 1.50 bits per heavy atom. The third-order valence-corrected chi connectivity index (χ3v) is 2.05. The van der Waals surface area contributed by atoms with E-state index in [1.165, 1.54) is 9.80 Å². The Balaban J connectivity index is 2.36. The quantitative estimate of drug-likeness (QED) is 0.669. The van der Waals surface area contributed by atoms with Crippen LogP contribution in [-0.4, -0.2) is 60.4 Å². The molecule has 0 aromatic rings. The van der Waals surface area contributed by atoms with E-state index in [1.807, 2.05) is 0 Å². The normalized spacial score (nSPS) is 20.7. The van der Waals surface area contributed by atoms with Crippen molar-refractivity contribution in [1.82, 2.24) is 9.80 Å². The van der Waals surface area contributed by atoms with Crippen LogP contribution in [0.4, 0.5) is 9.59 Å². The topological polar surface area (TPSA) is 70.1 Å². The highest BCUT2D eigenvalue weighted by atomic mass is 16.6. The maximum atomic E-state index is 11.1. The van der Waals surface area contributed by atoms with Crippen LogP contribution in [0, 0.1) is 0 Å². The number of carbonyl (C=O) groups excluding carboxylic acids is 1. The standard InChI is InChI=1S/C8H14N2O4/c1-9(2)8(13)14-6-3-4-10(5-6)7(11)12/h6H,3-5H2,1-2H3,(H,11,12)/t6-/m0/s1. The second-order valence-corrected chi connectivity index (χ2v) is 3.42. The van der Waals surface area contributed by atoms with Crippen molar-refractivity contribution in [2.45, 2.75) is 12.5 Å². The molecule has 14 heavy (non-hydrogen) atoms. The van der Waals surface area contributed by atoms with Crippen molar-refractivity contribution in [2.75, 3.05) is 27.2 Å². The lowest BCUT2D eigenvalue weighted by Gasteiger charge is -2.16. The van der Waals surface area contributed by atoms with Crippen LogP contribution >= 0.6 is 0 Å². The zero-order valence-electron chi connectivity index (χ0n) is 8.27. The summed E-state index contributed by atoms with van der Waals surface area (Å²) in [6.45, 7) is 0.704. The van der Waals surface area contributed by atoms with Crippen LogP contribution < -0.4 is 0 Å². The van der Waals surface area contributed by atoms with E-state index in [0.29, 0.717) is 13.0 Å². The van der Waals surface area contributed by atoms with Gasteiger partial charge in [0.1, 0.15) is 6.10 Å². The highest BCUT2D eigenvalue weighted by Gasteiger charge is 2.28. The monoisotopic (exact) mass is 202 g/mol. The lowest BCUT2D eigenvalue weighted by atomic mass is 10.3. The second-order valence-electron chi connectivity index (χ2n) is 3.42. The first kappa shape index (κ1) is 10.6. The fraction of sp³-hybridized carbons (Fsp3) is 0.750. The van der Waals surface area contributed by atoms with E-state index >= 15 is 0 Å². The SMILES string of the molecule is CN(C)C(=O)O[C@H]1CCN(C(=O)O)C1. The number of carbonyl (C=O) groups is 2. The smallest absolute Gasteiger partial charge is 0.409 e. The van der Waals surface area contributed by atoms with Gasteiger partial charge in [-0.05, 0) is 0 Å². The number of nitrogens with zero attached hydrogens (tertiary/aromatic N) is 2. The fourth-order valence-electron chi connectivity index (χ4n) is 1.25. The average molecular weight is 202 g/mol. The summed E-state index contributed by atoms with van der Waals surface area (Å²) in [6, 6.07) is 0. The summed E-state index contributed by atoms with van der Waals surface area (Å²) in [6.07, 6.45) is -1.12. The van der Waals surface area contributed by atoms with Crippen LogP contribution in [0.3, 0.4) is 0 Å². The molecule has 0 aromatic heterocycles. The van der Waals surface area contributed by atoms with E-state index in [-0.39, 0.29) is 12.6 Å². The second kappa shape index (κ2) is 4.17. The predicted octanol–water partition coefficient (Wildman–Crippen LogP) is 0.437. The molecule has 0 aromatic carbocycles. The fourth-order valence-corrected chi connectivity index (χ4v) is 1.25. The molecule has 1 aliphatic heterocycles. The van der Waals surface area contributed by atoms with Crippen molar-refractivity contribution < 1.29 is 19.4 Å². The van der Waals surface area contributed by atoms with Gasteiger partial charge in [0.2, 0.25) is 0 Å². The summed E-state index contributed by atoms with van der Waals surface area (Å²) in [4.78, 5) is 24.2. The lowest BCUT2D eigenvalue weighted by Crippen LogP contribution is -2.32. The van der Waals surface area contributed by atoms with Gasteiger partial charge in [-0.2, -0.15) is 0 Å². The Bertz CT molecular complexity index is 241. The predicted molar refractivity (Wildman–Crippen MR) is 48.2 cm³/mol. The molecule has 1 rings (SSSR count). The molecule has 1 atom stereocenters. The van der Waals surface area contributed by atoms with E-state index in [2.05, 4.69) is 0 Å². The lowest BCUT2D eigenvalue weighted by molar-refractivity contribution is 0.0766. The largest absolute Gasteiger partial charge is 0.465 e. The Labute approximate surface area is 82.0 Å². The van der Waals surface area contributed by atoms with Crippen molar-refractivity contribution in [3.63, 3.8) is 0 Å². The molecule has 1 heterocycles. The average Bonchev–Trinajstić information content (AvgIpc) is 2.52. The Morgan fingerprint density at radius 2 is 2.14 bits per heavy atom. The van der Waals surface area contributed by atoms with E-state index in [4.69, 9.17) is 9.84 Å². The molecule has 2 amide bonds. The van der Waals surface area contributed by atoms with Gasteiger partial charge in [0.15, 0.2) is 0 Å². The highest BCUT2D eigenvalue weighted by molar-refractivity contribution is 5.68. The number of amides is 2. The van der Waals surface area contributed by atoms with Gasteiger partial charge in [-0.1, -0.05) is 0 Å². The minimum absolute atomic E-state index is 0.273. The van der Waals surface area contributed by atoms with Crippen molar-refractivity contribution in [1.29, 1.82) is 0 Å². The van der Waals surface area contributed by atoms with E-state index in [0.717, 1.165) is 0 Å². The molecule has 0 saturated carbocycles. The molecule has 1 aliphatic rings. The van der Waals surface area contributed by atoms with Crippen LogP contribution in [0.2, 0.25) is 0 Å². The Hall–Kier alpha value is -1.46. The minimum atomic E-state index is -0.964. The van der Waals surface area contributed by atoms with E-state index in [1.54, 1.807) is 14.1 Å². The number of ether oxygens (including phenoxy) is 1. The van der Waals surface area contributed by atoms with Gasteiger partial charge in [-0.3, -0.25) is 0 Å². The Kier molecular flexibility index (Phi) is 3.16. The van der Waals surface area contributed by atoms with Gasteiger partial charge < -0.3 is 19.6 Å². The highest BCUT2D eigenvalue weighted by Crippen LogP contribution is 2.13. The van der Waals surface area contributed by atoms with Crippen molar-refractivity contribution in [3.05, 3.63) is 0 Å². The molecule has 0 bridgehead atoms. The van der Waals surface area contributed by atoms with Gasteiger partial charge in [0, 0.05) is 27.1 Å². The number of rotatable bonds is 1. The van der Waals surface area contributed by atoms with Crippen molar-refractivity contribution >= 4 is 12.2 Å². The van der Waals surface area contributed by atoms with Crippen LogP contribution in [0.15, 0.2) is 0 Å². The maximum Gasteiger partial charge on any atom is 0.409 e. The van der Waals surface area contributed by atoms with Crippen LogP contribution in [0.5, 0.6) is 0 Å². The van der Waals surface area contributed by atoms with Crippen molar-refractivity contribution in [3.8, 4) is 0 Å². The summed E-state index contributed by atoms with van der Waals surface area (Å²) in [5.74, 6) is 0. The molecular weight excluding hydrogens is 188 g/mol. The summed E-state index contributed by atoms with van der Waals surface area (Å²) >= 11 is 0. The van der Waals surface area contributed by atoms with Crippen LogP contribution in [0.1, 0.15) is 6.42 Å². The third kappa shape index (κ3) is 2.51. The molecule has 0 spiro atoms. The molecule has 80 valence electrons. The number of likely N-dealkylation sites (tertiary alicyclic amines) is 1.